The lowest BCUT2D eigenvalue weighted by Gasteiger charge is -2.17. The molecule has 0 radical (unpaired) electrons. The zero-order valence-electron chi connectivity index (χ0n) is 12.3. The fourth-order valence-corrected chi connectivity index (χ4v) is 3.01. The topological polar surface area (TPSA) is 53.6 Å². The molecule has 1 unspecified atom stereocenters. The van der Waals surface area contributed by atoms with Gasteiger partial charge in [-0.15, -0.1) is 0 Å². The Balaban J connectivity index is 1.76. The Morgan fingerprint density at radius 3 is 2.57 bits per heavy atom. The van der Waals surface area contributed by atoms with Gasteiger partial charge >= 0.3 is 0 Å². The highest BCUT2D eigenvalue weighted by atomic mass is 35.5. The molecule has 23 heavy (non-hydrogen) atoms. The summed E-state index contributed by atoms with van der Waals surface area (Å²) in [4.78, 5) is 11.7. The largest absolute Gasteiger partial charge is 0.347 e. The third kappa shape index (κ3) is 4.55. The molecular formula is C17H16Cl2N4. The first-order chi connectivity index (χ1) is 11.2. The van der Waals surface area contributed by atoms with E-state index < -0.39 is 0 Å². The van der Waals surface area contributed by atoms with Gasteiger partial charge in [0.05, 0.1) is 6.04 Å². The van der Waals surface area contributed by atoms with Crippen LogP contribution in [0.4, 0.5) is 0 Å². The van der Waals surface area contributed by atoms with Crippen molar-refractivity contribution in [3.8, 4) is 0 Å². The first kappa shape index (κ1) is 16.0. The van der Waals surface area contributed by atoms with Gasteiger partial charge in [0.1, 0.15) is 5.82 Å². The van der Waals surface area contributed by atoms with E-state index in [9.17, 15) is 0 Å². The second-order valence-corrected chi connectivity index (χ2v) is 6.12. The van der Waals surface area contributed by atoms with Gasteiger partial charge in [0.15, 0.2) is 0 Å². The number of aromatic nitrogens is 3. The minimum atomic E-state index is 0.0275. The van der Waals surface area contributed by atoms with Gasteiger partial charge in [-0.05, 0) is 41.8 Å². The van der Waals surface area contributed by atoms with E-state index in [-0.39, 0.29) is 6.04 Å². The van der Waals surface area contributed by atoms with Crippen LogP contribution < -0.4 is 5.32 Å². The summed E-state index contributed by atoms with van der Waals surface area (Å²) in [5.41, 5.74) is 2.18. The molecule has 1 aromatic carbocycles. The summed E-state index contributed by atoms with van der Waals surface area (Å²) >= 11 is 12.2. The number of aromatic amines is 1. The van der Waals surface area contributed by atoms with Crippen molar-refractivity contribution in [2.75, 3.05) is 0 Å². The molecule has 0 aliphatic rings. The number of H-pyrrole nitrogens is 1. The van der Waals surface area contributed by atoms with E-state index in [2.05, 4.69) is 20.3 Å². The van der Waals surface area contributed by atoms with Gasteiger partial charge in [-0.25, -0.2) is 4.98 Å². The monoisotopic (exact) mass is 346 g/mol. The number of nitrogens with zero attached hydrogens (tertiary/aromatic N) is 2. The van der Waals surface area contributed by atoms with E-state index in [1.54, 1.807) is 18.5 Å². The van der Waals surface area contributed by atoms with E-state index >= 15 is 0 Å². The normalized spacial score (nSPS) is 12.3. The second kappa shape index (κ2) is 7.59. The first-order valence-electron chi connectivity index (χ1n) is 7.27. The van der Waals surface area contributed by atoms with Gasteiger partial charge in [-0.1, -0.05) is 29.3 Å². The highest BCUT2D eigenvalue weighted by molar-refractivity contribution is 6.34. The Morgan fingerprint density at radius 1 is 1.09 bits per heavy atom. The van der Waals surface area contributed by atoms with Crippen LogP contribution in [0.5, 0.6) is 0 Å². The maximum Gasteiger partial charge on any atom is 0.123 e. The molecule has 0 saturated carbocycles. The minimum Gasteiger partial charge on any atom is -0.347 e. The van der Waals surface area contributed by atoms with Gasteiger partial charge in [0.25, 0.3) is 0 Å². The van der Waals surface area contributed by atoms with Gasteiger partial charge < -0.3 is 10.3 Å². The van der Waals surface area contributed by atoms with Crippen LogP contribution in [0.2, 0.25) is 10.0 Å². The zero-order chi connectivity index (χ0) is 16.1. The summed E-state index contributed by atoms with van der Waals surface area (Å²) < 4.78 is 0. The molecule has 0 aliphatic heterocycles. The van der Waals surface area contributed by atoms with Gasteiger partial charge in [0.2, 0.25) is 0 Å². The number of benzene rings is 1. The number of pyridine rings is 1. The number of hydrogen-bond acceptors (Lipinski definition) is 3. The van der Waals surface area contributed by atoms with E-state index in [4.69, 9.17) is 23.2 Å². The summed E-state index contributed by atoms with van der Waals surface area (Å²) in [7, 11) is 0. The van der Waals surface area contributed by atoms with Crippen molar-refractivity contribution >= 4 is 23.2 Å². The maximum absolute atomic E-state index is 6.09. The molecule has 4 nitrogen and oxygen atoms in total. The standard InChI is InChI=1S/C17H16Cl2N4/c18-14-6-13(7-15(19)9-14)8-16(17-21-4-5-22-17)23-11-12-2-1-3-20-10-12/h1-7,9-10,16,23H,8,11H2,(H,21,22). The molecule has 0 saturated heterocycles. The summed E-state index contributed by atoms with van der Waals surface area (Å²) in [6.45, 7) is 0.702. The third-order valence-corrected chi connectivity index (χ3v) is 3.92. The Bertz CT molecular complexity index is 724. The quantitative estimate of drug-likeness (QED) is 0.703. The summed E-state index contributed by atoms with van der Waals surface area (Å²) in [6, 6.07) is 9.58. The molecule has 2 N–H and O–H groups in total. The fraction of sp³-hybridized carbons (Fsp3) is 0.176. The Morgan fingerprint density at radius 2 is 1.91 bits per heavy atom. The van der Waals surface area contributed by atoms with Crippen LogP contribution in [0, 0.1) is 0 Å². The lowest BCUT2D eigenvalue weighted by atomic mass is 10.0. The zero-order valence-corrected chi connectivity index (χ0v) is 13.8. The van der Waals surface area contributed by atoms with Gasteiger partial charge in [-0.2, -0.15) is 0 Å². The molecule has 3 aromatic rings. The van der Waals surface area contributed by atoms with E-state index in [0.717, 1.165) is 23.4 Å². The van der Waals surface area contributed by atoms with Crippen molar-refractivity contribution < 1.29 is 0 Å². The average Bonchev–Trinajstić information content (AvgIpc) is 3.06. The molecule has 0 spiro atoms. The Kier molecular flexibility index (Phi) is 5.28. The van der Waals surface area contributed by atoms with Crippen molar-refractivity contribution in [1.29, 1.82) is 0 Å². The fourth-order valence-electron chi connectivity index (χ4n) is 2.44. The van der Waals surface area contributed by atoms with Crippen LogP contribution in [-0.4, -0.2) is 15.0 Å². The summed E-state index contributed by atoms with van der Waals surface area (Å²) in [5, 5.41) is 4.78. The van der Waals surface area contributed by atoms with Crippen LogP contribution in [0.1, 0.15) is 23.0 Å². The van der Waals surface area contributed by atoms with Gasteiger partial charge in [0, 0.05) is 41.4 Å². The van der Waals surface area contributed by atoms with Crippen LogP contribution in [-0.2, 0) is 13.0 Å². The van der Waals surface area contributed by atoms with E-state index in [1.165, 1.54) is 0 Å². The van der Waals surface area contributed by atoms with Crippen LogP contribution in [0.25, 0.3) is 0 Å². The lowest BCUT2D eigenvalue weighted by molar-refractivity contribution is 0.508. The van der Waals surface area contributed by atoms with Crippen molar-refractivity contribution in [3.63, 3.8) is 0 Å². The molecule has 6 heteroatoms. The highest BCUT2D eigenvalue weighted by Crippen LogP contribution is 2.23. The molecular weight excluding hydrogens is 331 g/mol. The van der Waals surface area contributed by atoms with Crippen molar-refractivity contribution in [2.24, 2.45) is 0 Å². The number of halogens is 2. The number of nitrogens with one attached hydrogen (secondary N) is 2. The van der Waals surface area contributed by atoms with E-state index in [0.29, 0.717) is 16.6 Å². The Labute approximate surface area is 144 Å². The number of imidazole rings is 1. The minimum absolute atomic E-state index is 0.0275. The number of hydrogen-bond donors (Lipinski definition) is 2. The predicted octanol–water partition coefficient (Wildman–Crippen LogP) is 4.19. The summed E-state index contributed by atoms with van der Waals surface area (Å²) in [5.74, 6) is 0.880. The molecule has 2 aromatic heterocycles. The molecule has 0 fully saturated rings. The summed E-state index contributed by atoms with van der Waals surface area (Å²) in [6.07, 6.45) is 7.91. The second-order valence-electron chi connectivity index (χ2n) is 5.25. The van der Waals surface area contributed by atoms with Crippen molar-refractivity contribution in [1.82, 2.24) is 20.3 Å². The van der Waals surface area contributed by atoms with Crippen LogP contribution in [0.15, 0.2) is 55.1 Å². The average molecular weight is 347 g/mol. The molecule has 2 heterocycles. The van der Waals surface area contributed by atoms with Crippen molar-refractivity contribution in [2.45, 2.75) is 19.0 Å². The smallest absolute Gasteiger partial charge is 0.123 e. The molecule has 1 atom stereocenters. The predicted molar refractivity (Wildman–Crippen MR) is 92.6 cm³/mol. The first-order valence-corrected chi connectivity index (χ1v) is 8.03. The highest BCUT2D eigenvalue weighted by Gasteiger charge is 2.15. The van der Waals surface area contributed by atoms with E-state index in [1.807, 2.05) is 36.7 Å². The molecule has 0 bridgehead atoms. The molecule has 0 amide bonds. The Hall–Kier alpha value is -1.88. The van der Waals surface area contributed by atoms with Gasteiger partial charge in [-0.3, -0.25) is 4.98 Å². The molecule has 3 rings (SSSR count). The van der Waals surface area contributed by atoms with Crippen LogP contribution in [0.3, 0.4) is 0 Å². The van der Waals surface area contributed by atoms with Crippen LogP contribution >= 0.6 is 23.2 Å². The molecule has 118 valence electrons. The molecule has 0 aliphatic carbocycles. The SMILES string of the molecule is Clc1cc(Cl)cc(CC(NCc2cccnc2)c2ncc[nH]2)c1. The lowest BCUT2D eigenvalue weighted by Crippen LogP contribution is -2.24. The third-order valence-electron chi connectivity index (χ3n) is 3.49. The number of rotatable bonds is 6. The van der Waals surface area contributed by atoms with Crippen molar-refractivity contribution in [3.05, 3.63) is 82.1 Å². The maximum atomic E-state index is 6.09.